The first-order valence-corrected chi connectivity index (χ1v) is 9.86. The molecule has 3 N–H and O–H groups in total. The molecule has 164 valence electrons. The molecule has 0 fully saturated rings. The Labute approximate surface area is 186 Å². The van der Waals surface area contributed by atoms with Crippen LogP contribution in [0.3, 0.4) is 0 Å². The van der Waals surface area contributed by atoms with E-state index in [0.29, 0.717) is 17.6 Å². The predicted octanol–water partition coefficient (Wildman–Crippen LogP) is 1.47. The Morgan fingerprint density at radius 1 is 1.52 bits per heavy atom. The van der Waals surface area contributed by atoms with Gasteiger partial charge >= 0.3 is 6.03 Å². The van der Waals surface area contributed by atoms with Crippen LogP contribution in [0.5, 0.6) is 0 Å². The molecule has 15 heteroatoms. The number of halogens is 1. The normalized spacial score (nSPS) is 13.8. The van der Waals surface area contributed by atoms with Gasteiger partial charge in [-0.1, -0.05) is 17.7 Å². The molecule has 0 bridgehead atoms. The van der Waals surface area contributed by atoms with Crippen LogP contribution in [0.4, 0.5) is 4.79 Å². The summed E-state index contributed by atoms with van der Waals surface area (Å²) in [5.41, 5.74) is 4.02. The van der Waals surface area contributed by atoms with Crippen LogP contribution in [0.1, 0.15) is 17.4 Å². The Kier molecular flexibility index (Phi) is 9.25. The first-order valence-electron chi connectivity index (χ1n) is 8.67. The largest absolute Gasteiger partial charge is 0.358 e. The molecule has 0 saturated heterocycles. The molecule has 0 atom stereocenters. The zero-order valence-electron chi connectivity index (χ0n) is 16.5. The lowest BCUT2D eigenvalue weighted by molar-refractivity contribution is -0.485. The third-order valence-corrected chi connectivity index (χ3v) is 4.47. The second kappa shape index (κ2) is 12.1. The van der Waals surface area contributed by atoms with Gasteiger partial charge in [0.1, 0.15) is 5.10 Å². The Morgan fingerprint density at radius 2 is 2.32 bits per heavy atom. The zero-order valence-corrected chi connectivity index (χ0v) is 18.1. The molecule has 3 heterocycles. The minimum Gasteiger partial charge on any atom is -0.354 e. The molecule has 0 radical (unpaired) electrons. The maximum absolute atomic E-state index is 11.3. The van der Waals surface area contributed by atoms with Crippen molar-refractivity contribution >= 4 is 46.9 Å². The van der Waals surface area contributed by atoms with Crippen molar-refractivity contribution < 1.29 is 9.83 Å². The molecule has 31 heavy (non-hydrogen) atoms. The third-order valence-electron chi connectivity index (χ3n) is 3.36. The lowest BCUT2D eigenvalue weighted by Gasteiger charge is -2.20. The van der Waals surface area contributed by atoms with Crippen LogP contribution in [0.25, 0.3) is 0 Å². The molecular formula is C16H19ClN10O3S. The van der Waals surface area contributed by atoms with Gasteiger partial charge in [0.15, 0.2) is 9.50 Å². The standard InChI is InChI=1S/C10H11N5O.C6H8ClN5O2S/c1-8-7-15(10(16)14-13-8)12-6-9-3-2-4-11-5-9;1-8-6(11-12(13)14)10-3-4-2-9-5(7)15-4/h2-6H,7H2,1H3,(H,14,16);2H,3H2,1H3,(H2,8,10,11)/b12-6+;. The van der Waals surface area contributed by atoms with Crippen molar-refractivity contribution in [1.82, 2.24) is 31.0 Å². The summed E-state index contributed by atoms with van der Waals surface area (Å²) in [7, 11) is 1.54. The van der Waals surface area contributed by atoms with Gasteiger partial charge in [-0.05, 0) is 13.0 Å². The fourth-order valence-corrected chi connectivity index (χ4v) is 2.92. The van der Waals surface area contributed by atoms with E-state index in [1.54, 1.807) is 24.8 Å². The SMILES string of the molecule is CC1=NNC(=O)N(/N=C/c2cccnc2)C1.CN/C(=N\[N+](=O)[O-])NCc1cnc(Cl)s1. The maximum Gasteiger partial charge on any atom is 0.358 e. The highest BCUT2D eigenvalue weighted by atomic mass is 35.5. The van der Waals surface area contributed by atoms with E-state index in [1.165, 1.54) is 23.4 Å². The molecule has 0 saturated carbocycles. The number of amides is 2. The number of nitrogens with one attached hydrogen (secondary N) is 3. The maximum atomic E-state index is 11.3. The van der Waals surface area contributed by atoms with Crippen molar-refractivity contribution in [2.75, 3.05) is 13.6 Å². The Balaban J connectivity index is 0.000000221. The predicted molar refractivity (Wildman–Crippen MR) is 118 cm³/mol. The van der Waals surface area contributed by atoms with Crippen molar-refractivity contribution in [3.05, 3.63) is 55.7 Å². The van der Waals surface area contributed by atoms with Crippen LogP contribution in [0.15, 0.2) is 46.0 Å². The summed E-state index contributed by atoms with van der Waals surface area (Å²) >= 11 is 6.92. The highest BCUT2D eigenvalue weighted by Gasteiger charge is 2.16. The van der Waals surface area contributed by atoms with Gasteiger partial charge in [0.05, 0.1) is 25.0 Å². The van der Waals surface area contributed by atoms with E-state index in [1.807, 2.05) is 19.1 Å². The number of hydrazone groups is 3. The molecule has 0 aliphatic carbocycles. The molecular weight excluding hydrogens is 448 g/mol. The first-order chi connectivity index (χ1) is 14.9. The summed E-state index contributed by atoms with van der Waals surface area (Å²) in [6.45, 7) is 2.62. The number of aromatic nitrogens is 2. The van der Waals surface area contributed by atoms with E-state index in [4.69, 9.17) is 11.6 Å². The number of thiazole rings is 1. The minimum atomic E-state index is -0.779. The van der Waals surface area contributed by atoms with Crippen molar-refractivity contribution in [1.29, 1.82) is 0 Å². The molecule has 0 spiro atoms. The number of hydrogen-bond donors (Lipinski definition) is 3. The molecule has 3 rings (SSSR count). The highest BCUT2D eigenvalue weighted by Crippen LogP contribution is 2.17. The summed E-state index contributed by atoms with van der Waals surface area (Å²) in [4.78, 5) is 30.1. The van der Waals surface area contributed by atoms with Crippen LogP contribution >= 0.6 is 22.9 Å². The van der Waals surface area contributed by atoms with Gasteiger partial charge in [0, 0.05) is 36.1 Å². The number of rotatable bonds is 5. The average molecular weight is 467 g/mol. The molecule has 13 nitrogen and oxygen atoms in total. The van der Waals surface area contributed by atoms with E-state index in [2.05, 4.69) is 41.3 Å². The number of urea groups is 1. The van der Waals surface area contributed by atoms with Crippen LogP contribution in [-0.2, 0) is 6.54 Å². The van der Waals surface area contributed by atoms with Gasteiger partial charge in [-0.15, -0.1) is 11.3 Å². The number of nitrogens with zero attached hydrogens (tertiary/aromatic N) is 7. The van der Waals surface area contributed by atoms with Gasteiger partial charge in [-0.3, -0.25) is 4.98 Å². The molecule has 0 aromatic carbocycles. The molecule has 2 aromatic rings. The second-order valence-corrected chi connectivity index (χ2v) is 7.42. The average Bonchev–Trinajstić information content (AvgIpc) is 3.18. The number of carbonyl (C=O) groups excluding carboxylic acids is 1. The molecule has 1 aliphatic heterocycles. The van der Waals surface area contributed by atoms with Crippen LogP contribution in [0.2, 0.25) is 4.47 Å². The monoisotopic (exact) mass is 466 g/mol. The topological polar surface area (TPSA) is 162 Å². The Bertz CT molecular complexity index is 979. The number of nitro groups is 1. The molecule has 2 aromatic heterocycles. The quantitative estimate of drug-likeness (QED) is 0.260. The molecule has 2 amide bonds. The van der Waals surface area contributed by atoms with Gasteiger partial charge in [-0.2, -0.15) is 10.2 Å². The summed E-state index contributed by atoms with van der Waals surface area (Å²) < 4.78 is 0.434. The Morgan fingerprint density at radius 3 is 2.94 bits per heavy atom. The van der Waals surface area contributed by atoms with Crippen LogP contribution in [-0.4, -0.2) is 57.5 Å². The van der Waals surface area contributed by atoms with E-state index >= 15 is 0 Å². The number of carbonyl (C=O) groups is 1. The minimum absolute atomic E-state index is 0.0875. The van der Waals surface area contributed by atoms with Crippen molar-refractivity contribution in [2.45, 2.75) is 13.5 Å². The molecule has 1 aliphatic rings. The third kappa shape index (κ3) is 8.71. The Hall–Kier alpha value is -3.65. The smallest absolute Gasteiger partial charge is 0.354 e. The summed E-state index contributed by atoms with van der Waals surface area (Å²) in [6.07, 6.45) is 6.54. The second-order valence-electron chi connectivity index (χ2n) is 5.72. The summed E-state index contributed by atoms with van der Waals surface area (Å²) in [5.74, 6) is 0.0875. The zero-order chi connectivity index (χ0) is 22.6. The van der Waals surface area contributed by atoms with Crippen LogP contribution in [0, 0.1) is 10.1 Å². The lowest BCUT2D eigenvalue weighted by atomic mass is 10.3. The highest BCUT2D eigenvalue weighted by molar-refractivity contribution is 7.15. The number of guanidine groups is 1. The first kappa shape index (κ1) is 23.6. The summed E-state index contributed by atoms with van der Waals surface area (Å²) in [6, 6.07) is 3.34. The van der Waals surface area contributed by atoms with Crippen molar-refractivity contribution in [3.63, 3.8) is 0 Å². The van der Waals surface area contributed by atoms with Gasteiger partial charge in [-0.25, -0.2) is 30.3 Å². The lowest BCUT2D eigenvalue weighted by Crippen LogP contribution is -2.42. The van der Waals surface area contributed by atoms with E-state index in [-0.39, 0.29) is 12.0 Å². The fraction of sp³-hybridized carbons (Fsp3) is 0.250. The fourth-order valence-electron chi connectivity index (χ4n) is 2.00. The molecule has 0 unspecified atom stereocenters. The van der Waals surface area contributed by atoms with E-state index in [9.17, 15) is 14.9 Å². The van der Waals surface area contributed by atoms with Gasteiger partial charge in [0.25, 0.3) is 5.96 Å². The van der Waals surface area contributed by atoms with Crippen molar-refractivity contribution in [3.8, 4) is 0 Å². The number of pyridine rings is 1. The summed E-state index contributed by atoms with van der Waals surface area (Å²) in [5, 5.41) is 26.9. The van der Waals surface area contributed by atoms with Gasteiger partial charge in [0.2, 0.25) is 0 Å². The van der Waals surface area contributed by atoms with Crippen molar-refractivity contribution in [2.24, 2.45) is 15.3 Å². The van der Waals surface area contributed by atoms with E-state index < -0.39 is 5.03 Å². The number of hydrogen-bond acceptors (Lipinski definition) is 8. The van der Waals surface area contributed by atoms with Gasteiger partial charge < -0.3 is 10.6 Å². The van der Waals surface area contributed by atoms with E-state index in [0.717, 1.165) is 16.2 Å². The van der Waals surface area contributed by atoms with Crippen LogP contribution < -0.4 is 16.1 Å².